The molecule has 4 heteroatoms. The Morgan fingerprint density at radius 1 is 1.47 bits per heavy atom. The molecule has 0 atom stereocenters. The Kier molecular flexibility index (Phi) is 4.20. The molecule has 17 heavy (non-hydrogen) atoms. The Labute approximate surface area is 102 Å². The highest BCUT2D eigenvalue weighted by Crippen LogP contribution is 2.26. The molecule has 2 N–H and O–H groups in total. The average Bonchev–Trinajstić information content (AvgIpc) is 2.35. The van der Waals surface area contributed by atoms with Crippen LogP contribution in [0.25, 0.3) is 0 Å². The van der Waals surface area contributed by atoms with Gasteiger partial charge in [0, 0.05) is 19.2 Å². The van der Waals surface area contributed by atoms with Crippen LogP contribution in [0.5, 0.6) is 5.88 Å². The summed E-state index contributed by atoms with van der Waals surface area (Å²) >= 11 is 0. The lowest BCUT2D eigenvalue weighted by Crippen LogP contribution is -2.15. The van der Waals surface area contributed by atoms with Crippen LogP contribution in [0.15, 0.2) is 6.07 Å². The lowest BCUT2D eigenvalue weighted by Gasteiger charge is -2.19. The molecule has 0 radical (unpaired) electrons. The van der Waals surface area contributed by atoms with E-state index in [2.05, 4.69) is 17.2 Å². The highest BCUT2D eigenvalue weighted by Gasteiger charge is 2.14. The summed E-state index contributed by atoms with van der Waals surface area (Å²) in [4.78, 5) is 4.48. The summed E-state index contributed by atoms with van der Waals surface area (Å²) < 4.78 is 5.59. The van der Waals surface area contributed by atoms with Gasteiger partial charge in [0.2, 0.25) is 5.88 Å². The van der Waals surface area contributed by atoms with E-state index in [0.29, 0.717) is 12.5 Å². The second-order valence-electron chi connectivity index (χ2n) is 4.41. The zero-order valence-electron chi connectivity index (χ0n) is 10.3. The van der Waals surface area contributed by atoms with Crippen LogP contribution in [-0.4, -0.2) is 29.8 Å². The molecule has 0 aromatic carbocycles. The van der Waals surface area contributed by atoms with Crippen LogP contribution in [0.3, 0.4) is 0 Å². The number of aryl methyl sites for hydroxylation is 1. The molecule has 0 bridgehead atoms. The predicted octanol–water partition coefficient (Wildman–Crippen LogP) is 1.90. The van der Waals surface area contributed by atoms with Gasteiger partial charge in [0.25, 0.3) is 0 Å². The number of anilines is 1. The van der Waals surface area contributed by atoms with E-state index in [0.717, 1.165) is 31.6 Å². The number of aromatic nitrogens is 1. The molecule has 0 amide bonds. The maximum atomic E-state index is 8.68. The highest BCUT2D eigenvalue weighted by atomic mass is 16.5. The quantitative estimate of drug-likeness (QED) is 0.767. The van der Waals surface area contributed by atoms with Gasteiger partial charge in [-0.2, -0.15) is 4.98 Å². The van der Waals surface area contributed by atoms with E-state index >= 15 is 0 Å². The molecule has 2 rings (SSSR count). The third-order valence-electron chi connectivity index (χ3n) is 3.02. The topological polar surface area (TPSA) is 54.4 Å². The first-order valence-electron chi connectivity index (χ1n) is 6.29. The van der Waals surface area contributed by atoms with Crippen molar-refractivity contribution in [2.45, 2.75) is 32.6 Å². The van der Waals surface area contributed by atoms with E-state index in [-0.39, 0.29) is 6.61 Å². The number of ether oxygens (including phenoxy) is 1. The molecule has 94 valence electrons. The minimum atomic E-state index is 0.224. The standard InChI is InChI=1S/C13H20N2O2/c1-10-9-12(17-8-3-2-7-16)15-13-11(10)5-4-6-14-13/h9,16H,2-8H2,1H3,(H,14,15). The van der Waals surface area contributed by atoms with Gasteiger partial charge in [-0.3, -0.25) is 0 Å². The van der Waals surface area contributed by atoms with Gasteiger partial charge in [0.15, 0.2) is 0 Å². The van der Waals surface area contributed by atoms with E-state index in [1.54, 1.807) is 0 Å². The van der Waals surface area contributed by atoms with E-state index in [4.69, 9.17) is 9.84 Å². The largest absolute Gasteiger partial charge is 0.478 e. The number of nitrogens with zero attached hydrogens (tertiary/aromatic N) is 1. The zero-order valence-corrected chi connectivity index (χ0v) is 10.3. The van der Waals surface area contributed by atoms with Crippen LogP contribution >= 0.6 is 0 Å². The molecule has 0 fully saturated rings. The Morgan fingerprint density at radius 3 is 3.18 bits per heavy atom. The molecule has 0 saturated heterocycles. The fourth-order valence-corrected chi connectivity index (χ4v) is 2.07. The number of rotatable bonds is 5. The number of unbranched alkanes of at least 4 members (excludes halogenated alkanes) is 1. The summed E-state index contributed by atoms with van der Waals surface area (Å²) in [6, 6.07) is 2.00. The first-order chi connectivity index (χ1) is 8.31. The molecule has 0 aliphatic carbocycles. The maximum absolute atomic E-state index is 8.68. The number of aliphatic hydroxyl groups excluding tert-OH is 1. The predicted molar refractivity (Wildman–Crippen MR) is 67.6 cm³/mol. The van der Waals surface area contributed by atoms with E-state index in [1.807, 2.05) is 6.07 Å². The SMILES string of the molecule is Cc1cc(OCCCCO)nc2c1CCCN2. The van der Waals surface area contributed by atoms with E-state index in [1.165, 1.54) is 17.5 Å². The van der Waals surface area contributed by atoms with E-state index < -0.39 is 0 Å². The second kappa shape index (κ2) is 5.87. The highest BCUT2D eigenvalue weighted by molar-refractivity contribution is 5.52. The van der Waals surface area contributed by atoms with Gasteiger partial charge >= 0.3 is 0 Å². The third-order valence-corrected chi connectivity index (χ3v) is 3.02. The van der Waals surface area contributed by atoms with Crippen molar-refractivity contribution in [2.75, 3.05) is 25.1 Å². The molecular formula is C13H20N2O2. The Balaban J connectivity index is 2.01. The summed E-state index contributed by atoms with van der Waals surface area (Å²) in [6.45, 7) is 3.94. The summed E-state index contributed by atoms with van der Waals surface area (Å²) in [7, 11) is 0. The molecule has 1 aromatic heterocycles. The van der Waals surface area contributed by atoms with Crippen LogP contribution in [0, 0.1) is 6.92 Å². The van der Waals surface area contributed by atoms with Crippen LogP contribution < -0.4 is 10.1 Å². The van der Waals surface area contributed by atoms with Crippen molar-refractivity contribution in [3.05, 3.63) is 17.2 Å². The molecule has 0 saturated carbocycles. The second-order valence-corrected chi connectivity index (χ2v) is 4.41. The molecule has 4 nitrogen and oxygen atoms in total. The molecule has 1 aliphatic rings. The van der Waals surface area contributed by atoms with Crippen molar-refractivity contribution >= 4 is 5.82 Å². The molecule has 0 unspecified atom stereocenters. The molecule has 1 aliphatic heterocycles. The number of nitrogens with one attached hydrogen (secondary N) is 1. The molecule has 1 aromatic rings. The normalized spacial score (nSPS) is 14.0. The Hall–Kier alpha value is -1.29. The average molecular weight is 236 g/mol. The smallest absolute Gasteiger partial charge is 0.215 e. The van der Waals surface area contributed by atoms with Gasteiger partial charge in [-0.05, 0) is 43.7 Å². The Bertz CT molecular complexity index is 380. The number of aliphatic hydroxyl groups is 1. The van der Waals surface area contributed by atoms with Gasteiger partial charge in [-0.15, -0.1) is 0 Å². The van der Waals surface area contributed by atoms with Gasteiger partial charge < -0.3 is 15.2 Å². The Morgan fingerprint density at radius 2 is 2.35 bits per heavy atom. The minimum Gasteiger partial charge on any atom is -0.478 e. The first kappa shape index (κ1) is 12.2. The van der Waals surface area contributed by atoms with Crippen molar-refractivity contribution < 1.29 is 9.84 Å². The summed E-state index contributed by atoms with van der Waals surface area (Å²) in [5.41, 5.74) is 2.57. The lowest BCUT2D eigenvalue weighted by atomic mass is 10.0. The summed E-state index contributed by atoms with van der Waals surface area (Å²) in [5.74, 6) is 1.67. The molecular weight excluding hydrogens is 216 g/mol. The fraction of sp³-hybridized carbons (Fsp3) is 0.615. The number of hydrogen-bond acceptors (Lipinski definition) is 4. The summed E-state index contributed by atoms with van der Waals surface area (Å²) in [5, 5.41) is 12.0. The lowest BCUT2D eigenvalue weighted by molar-refractivity contribution is 0.249. The number of pyridine rings is 1. The third kappa shape index (κ3) is 3.09. The van der Waals surface area contributed by atoms with Crippen molar-refractivity contribution in [3.8, 4) is 5.88 Å². The van der Waals surface area contributed by atoms with Gasteiger partial charge in [-0.25, -0.2) is 0 Å². The number of fused-ring (bicyclic) bond motifs is 1. The molecule has 0 spiro atoms. The van der Waals surface area contributed by atoms with Crippen molar-refractivity contribution in [1.82, 2.24) is 4.98 Å². The van der Waals surface area contributed by atoms with Crippen LogP contribution in [0.4, 0.5) is 5.82 Å². The van der Waals surface area contributed by atoms with Gasteiger partial charge in [-0.1, -0.05) is 0 Å². The van der Waals surface area contributed by atoms with Crippen molar-refractivity contribution in [2.24, 2.45) is 0 Å². The van der Waals surface area contributed by atoms with Crippen molar-refractivity contribution in [1.29, 1.82) is 0 Å². The maximum Gasteiger partial charge on any atom is 0.215 e. The fourth-order valence-electron chi connectivity index (χ4n) is 2.07. The minimum absolute atomic E-state index is 0.224. The molecule has 2 heterocycles. The van der Waals surface area contributed by atoms with Gasteiger partial charge in [0.05, 0.1) is 6.61 Å². The first-order valence-corrected chi connectivity index (χ1v) is 6.29. The number of hydrogen-bond donors (Lipinski definition) is 2. The monoisotopic (exact) mass is 236 g/mol. The van der Waals surface area contributed by atoms with Crippen LogP contribution in [0.1, 0.15) is 30.4 Å². The zero-order chi connectivity index (χ0) is 12.1. The van der Waals surface area contributed by atoms with Crippen molar-refractivity contribution in [3.63, 3.8) is 0 Å². The van der Waals surface area contributed by atoms with Crippen LogP contribution in [-0.2, 0) is 6.42 Å². The summed E-state index contributed by atoms with van der Waals surface area (Å²) in [6.07, 6.45) is 3.92. The van der Waals surface area contributed by atoms with E-state index in [9.17, 15) is 0 Å². The van der Waals surface area contributed by atoms with Gasteiger partial charge in [0.1, 0.15) is 5.82 Å². The van der Waals surface area contributed by atoms with Crippen LogP contribution in [0.2, 0.25) is 0 Å².